The minimum atomic E-state index is -0.571. The largest absolute Gasteiger partial charge is 0.356 e. The number of hydrogen-bond acceptors (Lipinski definition) is 3. The quantitative estimate of drug-likeness (QED) is 0.455. The van der Waals surface area contributed by atoms with Gasteiger partial charge in [-0.3, -0.25) is 14.7 Å². The van der Waals surface area contributed by atoms with Gasteiger partial charge in [-0.05, 0) is 30.9 Å². The van der Waals surface area contributed by atoms with Crippen molar-refractivity contribution in [2.75, 3.05) is 39.8 Å². The third-order valence-electron chi connectivity index (χ3n) is 5.16. The van der Waals surface area contributed by atoms with E-state index < -0.39 is 11.6 Å². The molecule has 8 heteroatoms. The summed E-state index contributed by atoms with van der Waals surface area (Å²) in [5.41, 5.74) is 0.476. The van der Waals surface area contributed by atoms with Crippen LogP contribution in [0.25, 0.3) is 0 Å². The van der Waals surface area contributed by atoms with E-state index in [2.05, 4.69) is 25.8 Å². The lowest BCUT2D eigenvalue weighted by Gasteiger charge is -2.32. The predicted molar refractivity (Wildman–Crippen MR) is 112 cm³/mol. The molecule has 0 spiro atoms. The van der Waals surface area contributed by atoms with Crippen molar-refractivity contribution in [1.29, 1.82) is 0 Å². The molecule has 1 heterocycles. The number of guanidine groups is 1. The Morgan fingerprint density at radius 2 is 2.00 bits per heavy atom. The van der Waals surface area contributed by atoms with Gasteiger partial charge >= 0.3 is 0 Å². The molecule has 1 fully saturated rings. The Morgan fingerprint density at radius 1 is 1.28 bits per heavy atom. The molecule has 0 saturated carbocycles. The molecule has 1 atom stereocenters. The van der Waals surface area contributed by atoms with Crippen LogP contribution in [0.1, 0.15) is 44.6 Å². The Kier molecular flexibility index (Phi) is 9.31. The molecule has 0 aliphatic carbocycles. The number of likely N-dealkylation sites (tertiary alicyclic amines) is 1. The summed E-state index contributed by atoms with van der Waals surface area (Å²) in [4.78, 5) is 18.3. The van der Waals surface area contributed by atoms with Crippen LogP contribution in [0.4, 0.5) is 8.78 Å². The number of rotatable bonds is 8. The average Bonchev–Trinajstić information content (AvgIpc) is 2.70. The van der Waals surface area contributed by atoms with Crippen molar-refractivity contribution in [2.45, 2.75) is 45.1 Å². The average molecular weight is 410 g/mol. The molecule has 3 N–H and O–H groups in total. The summed E-state index contributed by atoms with van der Waals surface area (Å²) in [7, 11) is 1.70. The second-order valence-electron chi connectivity index (χ2n) is 7.56. The van der Waals surface area contributed by atoms with Crippen LogP contribution in [0.2, 0.25) is 0 Å². The number of halogens is 2. The Bertz CT molecular complexity index is 690. The summed E-state index contributed by atoms with van der Waals surface area (Å²) >= 11 is 0. The van der Waals surface area contributed by atoms with E-state index in [1.54, 1.807) is 7.05 Å². The lowest BCUT2D eigenvalue weighted by molar-refractivity contribution is -0.122. The highest BCUT2D eigenvalue weighted by Gasteiger charge is 2.21. The minimum Gasteiger partial charge on any atom is -0.356 e. The van der Waals surface area contributed by atoms with Crippen LogP contribution in [0, 0.1) is 11.6 Å². The van der Waals surface area contributed by atoms with Crippen molar-refractivity contribution < 1.29 is 13.6 Å². The zero-order chi connectivity index (χ0) is 21.2. The molecular formula is C21H33F2N5O. The maximum Gasteiger partial charge on any atom is 0.234 e. The van der Waals surface area contributed by atoms with Crippen LogP contribution in [0.15, 0.2) is 23.2 Å². The standard InChI is InChI=1S/C21H33F2N5O/c1-4-9-25-20(29)14-28-10-7-17(8-11-28)27-21(24-3)26-13-15(2)18-6-5-16(22)12-19(18)23/h5-6,12,15,17H,4,7-11,13-14H2,1-3H3,(H,25,29)(H2,24,26,27). The van der Waals surface area contributed by atoms with Crippen LogP contribution in [-0.4, -0.2) is 62.6 Å². The normalized spacial score (nSPS) is 17.1. The zero-order valence-corrected chi connectivity index (χ0v) is 17.6. The molecular weight excluding hydrogens is 376 g/mol. The van der Waals surface area contributed by atoms with Crippen LogP contribution >= 0.6 is 0 Å². The number of nitrogens with one attached hydrogen (secondary N) is 3. The third-order valence-corrected chi connectivity index (χ3v) is 5.16. The first-order valence-corrected chi connectivity index (χ1v) is 10.3. The molecule has 6 nitrogen and oxygen atoms in total. The summed E-state index contributed by atoms with van der Waals surface area (Å²) in [6.07, 6.45) is 2.78. The molecule has 0 aromatic heterocycles. The van der Waals surface area contributed by atoms with Crippen LogP contribution < -0.4 is 16.0 Å². The number of nitrogens with zero attached hydrogens (tertiary/aromatic N) is 2. The summed E-state index contributed by atoms with van der Waals surface area (Å²) in [5, 5.41) is 9.53. The summed E-state index contributed by atoms with van der Waals surface area (Å²) in [6, 6.07) is 3.95. The first-order chi connectivity index (χ1) is 13.9. The lowest BCUT2D eigenvalue weighted by Crippen LogP contribution is -2.50. The van der Waals surface area contributed by atoms with Crippen molar-refractivity contribution in [2.24, 2.45) is 4.99 Å². The highest BCUT2D eigenvalue weighted by atomic mass is 19.1. The maximum atomic E-state index is 13.9. The number of benzene rings is 1. The van der Waals surface area contributed by atoms with Gasteiger partial charge in [0, 0.05) is 51.3 Å². The van der Waals surface area contributed by atoms with Crippen molar-refractivity contribution >= 4 is 11.9 Å². The summed E-state index contributed by atoms with van der Waals surface area (Å²) in [5.74, 6) is -0.482. The van der Waals surface area contributed by atoms with Gasteiger partial charge < -0.3 is 16.0 Å². The molecule has 1 aliphatic rings. The van der Waals surface area contributed by atoms with E-state index in [1.807, 2.05) is 13.8 Å². The first kappa shape index (κ1) is 23.1. The van der Waals surface area contributed by atoms with E-state index >= 15 is 0 Å². The lowest BCUT2D eigenvalue weighted by atomic mass is 10.0. The van der Waals surface area contributed by atoms with Gasteiger partial charge in [-0.25, -0.2) is 8.78 Å². The topological polar surface area (TPSA) is 68.8 Å². The van der Waals surface area contributed by atoms with E-state index in [4.69, 9.17) is 0 Å². The Morgan fingerprint density at radius 3 is 2.62 bits per heavy atom. The van der Waals surface area contributed by atoms with Crippen molar-refractivity contribution in [1.82, 2.24) is 20.9 Å². The fourth-order valence-electron chi connectivity index (χ4n) is 3.41. The molecule has 1 aromatic rings. The van der Waals surface area contributed by atoms with E-state index in [-0.39, 0.29) is 17.9 Å². The van der Waals surface area contributed by atoms with Crippen molar-refractivity contribution in [3.8, 4) is 0 Å². The molecule has 0 radical (unpaired) electrons. The summed E-state index contributed by atoms with van der Waals surface area (Å²) < 4.78 is 27.0. The van der Waals surface area contributed by atoms with Crippen LogP contribution in [0.3, 0.4) is 0 Å². The molecule has 1 amide bonds. The van der Waals surface area contributed by atoms with Gasteiger partial charge in [0.2, 0.25) is 5.91 Å². The van der Waals surface area contributed by atoms with E-state index in [0.29, 0.717) is 24.6 Å². The number of carbonyl (C=O) groups is 1. The SMILES string of the molecule is CCCNC(=O)CN1CCC(NC(=NC)NCC(C)c2ccc(F)cc2F)CC1. The number of amides is 1. The number of aliphatic imine (C=N–C) groups is 1. The third kappa shape index (κ3) is 7.61. The molecule has 1 aliphatic heterocycles. The highest BCUT2D eigenvalue weighted by molar-refractivity contribution is 5.80. The molecule has 1 unspecified atom stereocenters. The van der Waals surface area contributed by atoms with E-state index in [9.17, 15) is 13.6 Å². The number of hydrogen-bond donors (Lipinski definition) is 3. The molecule has 162 valence electrons. The molecule has 2 rings (SSSR count). The van der Waals surface area contributed by atoms with E-state index in [1.165, 1.54) is 12.1 Å². The fraction of sp³-hybridized carbons (Fsp3) is 0.619. The van der Waals surface area contributed by atoms with Gasteiger partial charge in [-0.1, -0.05) is 19.9 Å². The first-order valence-electron chi connectivity index (χ1n) is 10.3. The molecule has 29 heavy (non-hydrogen) atoms. The Balaban J connectivity index is 1.74. The predicted octanol–water partition coefficient (Wildman–Crippen LogP) is 2.22. The Labute approximate surface area is 172 Å². The maximum absolute atomic E-state index is 13.9. The second-order valence-corrected chi connectivity index (χ2v) is 7.56. The highest BCUT2D eigenvalue weighted by Crippen LogP contribution is 2.19. The van der Waals surface area contributed by atoms with Gasteiger partial charge in [0.05, 0.1) is 6.54 Å². The molecule has 1 aromatic carbocycles. The number of carbonyl (C=O) groups excluding carboxylic acids is 1. The van der Waals surface area contributed by atoms with Gasteiger partial charge in [0.25, 0.3) is 0 Å². The zero-order valence-electron chi connectivity index (χ0n) is 17.6. The Hall–Kier alpha value is -2.22. The van der Waals surface area contributed by atoms with Gasteiger partial charge in [-0.2, -0.15) is 0 Å². The number of piperidine rings is 1. The molecule has 0 bridgehead atoms. The molecule has 1 saturated heterocycles. The van der Waals surface area contributed by atoms with Gasteiger partial charge in [0.1, 0.15) is 11.6 Å². The van der Waals surface area contributed by atoms with Gasteiger partial charge in [-0.15, -0.1) is 0 Å². The van der Waals surface area contributed by atoms with E-state index in [0.717, 1.165) is 45.0 Å². The van der Waals surface area contributed by atoms with Gasteiger partial charge in [0.15, 0.2) is 5.96 Å². The summed E-state index contributed by atoms with van der Waals surface area (Å²) in [6.45, 7) is 7.28. The van der Waals surface area contributed by atoms with Crippen molar-refractivity contribution in [3.05, 3.63) is 35.4 Å². The monoisotopic (exact) mass is 409 g/mol. The fourth-order valence-corrected chi connectivity index (χ4v) is 3.41. The van der Waals surface area contributed by atoms with Crippen molar-refractivity contribution in [3.63, 3.8) is 0 Å². The minimum absolute atomic E-state index is 0.0812. The van der Waals surface area contributed by atoms with Crippen LogP contribution in [-0.2, 0) is 4.79 Å². The van der Waals surface area contributed by atoms with Crippen LogP contribution in [0.5, 0.6) is 0 Å². The smallest absolute Gasteiger partial charge is 0.234 e. The second kappa shape index (κ2) is 11.7.